The van der Waals surface area contributed by atoms with Crippen LogP contribution in [0.4, 0.5) is 4.39 Å². The second kappa shape index (κ2) is 4.31. The van der Waals surface area contributed by atoms with Crippen LogP contribution in [0, 0.1) is 11.7 Å². The van der Waals surface area contributed by atoms with Crippen LogP contribution in [0.3, 0.4) is 0 Å². The smallest absolute Gasteiger partial charge is 0.140 e. The largest absolute Gasteiger partial charge is 0.299 e. The maximum absolute atomic E-state index is 13.3. The van der Waals surface area contributed by atoms with Gasteiger partial charge in [0.15, 0.2) is 0 Å². The molecular formula is C12H12ClFO. The summed E-state index contributed by atoms with van der Waals surface area (Å²) in [6, 6.07) is 4.34. The van der Waals surface area contributed by atoms with Gasteiger partial charge in [-0.2, -0.15) is 0 Å². The number of ketones is 1. The van der Waals surface area contributed by atoms with Gasteiger partial charge in [0.05, 0.1) is 0 Å². The summed E-state index contributed by atoms with van der Waals surface area (Å²) in [7, 11) is 0. The average Bonchev–Trinajstić information content (AvgIpc) is 2.08. The van der Waals surface area contributed by atoms with E-state index in [0.29, 0.717) is 10.6 Å². The fourth-order valence-corrected chi connectivity index (χ4v) is 1.94. The molecule has 0 radical (unpaired) electrons. The zero-order valence-corrected chi connectivity index (χ0v) is 9.06. The molecule has 0 N–H and O–H groups in total. The molecule has 0 spiro atoms. The normalized spacial score (nSPS) is 16.1. The molecule has 1 aliphatic carbocycles. The first-order valence-electron chi connectivity index (χ1n) is 5.13. The maximum atomic E-state index is 13.3. The highest BCUT2D eigenvalue weighted by molar-refractivity contribution is 6.30. The second-order valence-corrected chi connectivity index (χ2v) is 4.44. The van der Waals surface area contributed by atoms with Gasteiger partial charge in [-0.3, -0.25) is 4.79 Å². The monoisotopic (exact) mass is 226 g/mol. The zero-order chi connectivity index (χ0) is 10.8. The standard InChI is InChI=1S/C12H12ClFO/c13-10-4-5-11(14)9(6-10)7-12(15)8-2-1-3-8/h4-6,8H,1-3,7H2. The van der Waals surface area contributed by atoms with Crippen molar-refractivity contribution in [3.05, 3.63) is 34.6 Å². The topological polar surface area (TPSA) is 17.1 Å². The Morgan fingerprint density at radius 2 is 2.20 bits per heavy atom. The molecule has 0 amide bonds. The summed E-state index contributed by atoms with van der Waals surface area (Å²) in [6.07, 6.45) is 3.22. The van der Waals surface area contributed by atoms with Crippen molar-refractivity contribution < 1.29 is 9.18 Å². The van der Waals surface area contributed by atoms with Crippen LogP contribution >= 0.6 is 11.6 Å². The van der Waals surface area contributed by atoms with Crippen molar-refractivity contribution in [2.45, 2.75) is 25.7 Å². The molecule has 0 aliphatic heterocycles. The first-order valence-corrected chi connectivity index (χ1v) is 5.51. The summed E-state index contributed by atoms with van der Waals surface area (Å²) >= 11 is 5.75. The summed E-state index contributed by atoms with van der Waals surface area (Å²) in [5.74, 6) is -0.0436. The Labute approximate surface area is 93.2 Å². The van der Waals surface area contributed by atoms with E-state index in [2.05, 4.69) is 0 Å². The third-order valence-electron chi connectivity index (χ3n) is 2.93. The van der Waals surface area contributed by atoms with Gasteiger partial charge >= 0.3 is 0 Å². The van der Waals surface area contributed by atoms with Gasteiger partial charge in [0.1, 0.15) is 11.6 Å². The van der Waals surface area contributed by atoms with Crippen molar-refractivity contribution in [2.75, 3.05) is 0 Å². The number of rotatable bonds is 3. The molecule has 0 heterocycles. The van der Waals surface area contributed by atoms with Gasteiger partial charge in [-0.15, -0.1) is 0 Å². The summed E-state index contributed by atoms with van der Waals surface area (Å²) in [5.41, 5.74) is 0.416. The van der Waals surface area contributed by atoms with Crippen LogP contribution in [0.5, 0.6) is 0 Å². The molecule has 1 aliphatic rings. The minimum absolute atomic E-state index is 0.141. The van der Waals surface area contributed by atoms with Crippen LogP contribution in [0.25, 0.3) is 0 Å². The van der Waals surface area contributed by atoms with Crippen LogP contribution in [0.2, 0.25) is 5.02 Å². The molecule has 1 fully saturated rings. The maximum Gasteiger partial charge on any atom is 0.140 e. The molecule has 1 aromatic carbocycles. The molecule has 0 saturated heterocycles. The number of hydrogen-bond donors (Lipinski definition) is 0. The molecule has 1 aromatic rings. The number of carbonyl (C=O) groups is 1. The van der Waals surface area contributed by atoms with Crippen molar-refractivity contribution in [3.63, 3.8) is 0 Å². The van der Waals surface area contributed by atoms with Crippen molar-refractivity contribution in [2.24, 2.45) is 5.92 Å². The number of halogens is 2. The quantitative estimate of drug-likeness (QED) is 0.772. The van der Waals surface area contributed by atoms with Crippen molar-refractivity contribution in [1.82, 2.24) is 0 Å². The average molecular weight is 227 g/mol. The third kappa shape index (κ3) is 2.37. The third-order valence-corrected chi connectivity index (χ3v) is 3.17. The van der Waals surface area contributed by atoms with E-state index in [4.69, 9.17) is 11.6 Å². The van der Waals surface area contributed by atoms with Crippen LogP contribution in [-0.2, 0) is 11.2 Å². The van der Waals surface area contributed by atoms with E-state index >= 15 is 0 Å². The first kappa shape index (κ1) is 10.6. The highest BCUT2D eigenvalue weighted by Crippen LogP contribution is 2.28. The van der Waals surface area contributed by atoms with E-state index in [1.807, 2.05) is 0 Å². The Morgan fingerprint density at radius 3 is 2.80 bits per heavy atom. The number of carbonyl (C=O) groups excluding carboxylic acids is 1. The minimum atomic E-state index is -0.341. The summed E-state index contributed by atoms with van der Waals surface area (Å²) in [5, 5.41) is 0.479. The predicted octanol–water partition coefficient (Wildman–Crippen LogP) is 3.39. The van der Waals surface area contributed by atoms with Gasteiger partial charge in [-0.25, -0.2) is 4.39 Å². The van der Waals surface area contributed by atoms with E-state index < -0.39 is 0 Å². The SMILES string of the molecule is O=C(Cc1cc(Cl)ccc1F)C1CCC1. The van der Waals surface area contributed by atoms with E-state index in [1.54, 1.807) is 0 Å². The highest BCUT2D eigenvalue weighted by Gasteiger charge is 2.25. The Hall–Kier alpha value is -0.890. The molecule has 3 heteroatoms. The molecule has 0 atom stereocenters. The van der Waals surface area contributed by atoms with Gasteiger partial charge in [0, 0.05) is 17.4 Å². The van der Waals surface area contributed by atoms with Gasteiger partial charge < -0.3 is 0 Å². The van der Waals surface area contributed by atoms with Gasteiger partial charge in [0.2, 0.25) is 0 Å². The van der Waals surface area contributed by atoms with Crippen LogP contribution in [0.15, 0.2) is 18.2 Å². The summed E-state index contributed by atoms with van der Waals surface area (Å²) in [6.45, 7) is 0. The molecule has 0 aromatic heterocycles. The summed E-state index contributed by atoms with van der Waals surface area (Å²) < 4.78 is 13.3. The lowest BCUT2D eigenvalue weighted by molar-refractivity contribution is -0.124. The Bertz CT molecular complexity index is 385. The fourth-order valence-electron chi connectivity index (χ4n) is 1.74. The zero-order valence-electron chi connectivity index (χ0n) is 8.30. The van der Waals surface area contributed by atoms with E-state index in [9.17, 15) is 9.18 Å². The van der Waals surface area contributed by atoms with E-state index in [0.717, 1.165) is 19.3 Å². The molecular weight excluding hydrogens is 215 g/mol. The molecule has 1 saturated carbocycles. The molecule has 15 heavy (non-hydrogen) atoms. The van der Waals surface area contributed by atoms with E-state index in [-0.39, 0.29) is 23.9 Å². The number of hydrogen-bond acceptors (Lipinski definition) is 1. The highest BCUT2D eigenvalue weighted by atomic mass is 35.5. The fraction of sp³-hybridized carbons (Fsp3) is 0.417. The van der Waals surface area contributed by atoms with Gasteiger partial charge in [0.25, 0.3) is 0 Å². The second-order valence-electron chi connectivity index (χ2n) is 4.01. The Morgan fingerprint density at radius 1 is 1.47 bits per heavy atom. The van der Waals surface area contributed by atoms with Gasteiger partial charge in [-0.1, -0.05) is 18.0 Å². The molecule has 1 nitrogen and oxygen atoms in total. The van der Waals surface area contributed by atoms with Crippen molar-refractivity contribution in [3.8, 4) is 0 Å². The first-order chi connectivity index (χ1) is 7.16. The molecule has 0 unspecified atom stereocenters. The van der Waals surface area contributed by atoms with Crippen molar-refractivity contribution >= 4 is 17.4 Å². The van der Waals surface area contributed by atoms with Gasteiger partial charge in [-0.05, 0) is 36.6 Å². The Kier molecular flexibility index (Phi) is 3.06. The minimum Gasteiger partial charge on any atom is -0.299 e. The number of benzene rings is 1. The number of Topliss-reactive ketones (excluding diaryl/α,β-unsaturated/α-hetero) is 1. The summed E-state index contributed by atoms with van der Waals surface area (Å²) in [4.78, 5) is 11.6. The van der Waals surface area contributed by atoms with E-state index in [1.165, 1.54) is 18.2 Å². The molecule has 0 bridgehead atoms. The van der Waals surface area contributed by atoms with Crippen LogP contribution in [-0.4, -0.2) is 5.78 Å². The molecule has 80 valence electrons. The van der Waals surface area contributed by atoms with Crippen LogP contribution < -0.4 is 0 Å². The van der Waals surface area contributed by atoms with Crippen LogP contribution in [0.1, 0.15) is 24.8 Å². The Balaban J connectivity index is 2.09. The predicted molar refractivity (Wildman–Crippen MR) is 57.5 cm³/mol. The molecule has 2 rings (SSSR count). The van der Waals surface area contributed by atoms with Crippen molar-refractivity contribution in [1.29, 1.82) is 0 Å². The lowest BCUT2D eigenvalue weighted by Gasteiger charge is -2.23. The lowest BCUT2D eigenvalue weighted by atomic mass is 9.80. The lowest BCUT2D eigenvalue weighted by Crippen LogP contribution is -2.23.